The smallest absolute Gasteiger partial charge is 0.308 e. The number of esters is 1. The first-order chi connectivity index (χ1) is 14.4. The fourth-order valence-electron chi connectivity index (χ4n) is 3.05. The zero-order chi connectivity index (χ0) is 21.5. The SMILES string of the molecule is O=C(CC1C(=O)NCCN1C(=O)c1cc(Cl)cc(Cl)c1)OCCOc1ccccc1. The van der Waals surface area contributed by atoms with E-state index in [-0.39, 0.29) is 38.3 Å². The van der Waals surface area contributed by atoms with Crippen LogP contribution < -0.4 is 10.1 Å². The molecule has 1 atom stereocenters. The minimum atomic E-state index is -0.980. The van der Waals surface area contributed by atoms with Gasteiger partial charge < -0.3 is 19.7 Å². The number of carbonyl (C=O) groups is 3. The number of rotatable bonds is 7. The van der Waals surface area contributed by atoms with Crippen LogP contribution in [0.4, 0.5) is 0 Å². The third kappa shape index (κ3) is 5.87. The molecule has 2 aromatic carbocycles. The van der Waals surface area contributed by atoms with Gasteiger partial charge in [-0.25, -0.2) is 0 Å². The Hall–Kier alpha value is -2.77. The number of halogens is 2. The van der Waals surface area contributed by atoms with Crippen LogP contribution in [0.5, 0.6) is 5.75 Å². The lowest BCUT2D eigenvalue weighted by Gasteiger charge is -2.34. The maximum Gasteiger partial charge on any atom is 0.308 e. The molecule has 2 amide bonds. The molecule has 0 bridgehead atoms. The minimum Gasteiger partial charge on any atom is -0.490 e. The molecule has 0 spiro atoms. The van der Waals surface area contributed by atoms with Crippen LogP contribution in [0, 0.1) is 0 Å². The van der Waals surface area contributed by atoms with Crippen LogP contribution in [0.1, 0.15) is 16.8 Å². The van der Waals surface area contributed by atoms with E-state index < -0.39 is 23.8 Å². The Balaban J connectivity index is 1.58. The molecule has 158 valence electrons. The zero-order valence-corrected chi connectivity index (χ0v) is 17.5. The second kappa shape index (κ2) is 10.3. The molecule has 30 heavy (non-hydrogen) atoms. The maximum atomic E-state index is 12.9. The molecule has 7 nitrogen and oxygen atoms in total. The van der Waals surface area contributed by atoms with Crippen LogP contribution in [0.2, 0.25) is 10.0 Å². The molecule has 0 aromatic heterocycles. The lowest BCUT2D eigenvalue weighted by molar-refractivity contribution is -0.148. The number of amides is 2. The van der Waals surface area contributed by atoms with Gasteiger partial charge in [0.25, 0.3) is 5.91 Å². The summed E-state index contributed by atoms with van der Waals surface area (Å²) in [5, 5.41) is 3.28. The molecule has 1 N–H and O–H groups in total. The number of nitrogens with zero attached hydrogens (tertiary/aromatic N) is 1. The van der Waals surface area contributed by atoms with Crippen molar-refractivity contribution in [3.05, 3.63) is 64.1 Å². The molecule has 1 fully saturated rings. The topological polar surface area (TPSA) is 84.9 Å². The molecular formula is C21H20Cl2N2O5. The van der Waals surface area contributed by atoms with Crippen molar-refractivity contribution in [3.63, 3.8) is 0 Å². The molecule has 1 saturated heterocycles. The highest BCUT2D eigenvalue weighted by Gasteiger charge is 2.35. The molecule has 1 heterocycles. The Kier molecular flexibility index (Phi) is 7.54. The van der Waals surface area contributed by atoms with Crippen molar-refractivity contribution in [1.29, 1.82) is 0 Å². The van der Waals surface area contributed by atoms with Crippen molar-refractivity contribution in [2.24, 2.45) is 0 Å². The number of piperazine rings is 1. The minimum absolute atomic E-state index is 0.0277. The Morgan fingerprint density at radius 3 is 2.47 bits per heavy atom. The summed E-state index contributed by atoms with van der Waals surface area (Å²) in [7, 11) is 0. The van der Waals surface area contributed by atoms with E-state index >= 15 is 0 Å². The van der Waals surface area contributed by atoms with E-state index in [0.29, 0.717) is 15.8 Å². The van der Waals surface area contributed by atoms with Gasteiger partial charge in [0.05, 0.1) is 6.42 Å². The van der Waals surface area contributed by atoms with Crippen molar-refractivity contribution >= 4 is 41.0 Å². The molecule has 0 aliphatic carbocycles. The summed E-state index contributed by atoms with van der Waals surface area (Å²) in [6.07, 6.45) is -0.267. The van der Waals surface area contributed by atoms with Gasteiger partial charge in [-0.15, -0.1) is 0 Å². The van der Waals surface area contributed by atoms with E-state index in [1.54, 1.807) is 12.1 Å². The summed E-state index contributed by atoms with van der Waals surface area (Å²) >= 11 is 12.0. The molecule has 2 aromatic rings. The summed E-state index contributed by atoms with van der Waals surface area (Å²) in [6.45, 7) is 0.745. The van der Waals surface area contributed by atoms with Crippen molar-refractivity contribution < 1.29 is 23.9 Å². The highest BCUT2D eigenvalue weighted by Crippen LogP contribution is 2.22. The van der Waals surface area contributed by atoms with E-state index in [2.05, 4.69) is 5.32 Å². The van der Waals surface area contributed by atoms with Gasteiger partial charge in [0.15, 0.2) is 0 Å². The van der Waals surface area contributed by atoms with Crippen molar-refractivity contribution in [1.82, 2.24) is 10.2 Å². The van der Waals surface area contributed by atoms with E-state index in [1.165, 1.54) is 23.1 Å². The fraction of sp³-hybridized carbons (Fsp3) is 0.286. The van der Waals surface area contributed by atoms with Crippen LogP contribution in [0.3, 0.4) is 0 Å². The average Bonchev–Trinajstić information content (AvgIpc) is 2.72. The molecule has 1 aliphatic heterocycles. The second-order valence-electron chi connectivity index (χ2n) is 6.55. The Labute approximate surface area is 183 Å². The number of nitrogens with one attached hydrogen (secondary N) is 1. The Morgan fingerprint density at radius 1 is 1.07 bits per heavy atom. The van der Waals surface area contributed by atoms with Gasteiger partial charge in [-0.3, -0.25) is 14.4 Å². The molecule has 3 rings (SSSR count). The highest BCUT2D eigenvalue weighted by atomic mass is 35.5. The second-order valence-corrected chi connectivity index (χ2v) is 7.42. The number of para-hydroxylation sites is 1. The first-order valence-corrected chi connectivity index (χ1v) is 10.1. The normalized spacial score (nSPS) is 16.0. The maximum absolute atomic E-state index is 12.9. The zero-order valence-electron chi connectivity index (χ0n) is 16.0. The summed E-state index contributed by atoms with van der Waals surface area (Å²) in [4.78, 5) is 38.8. The Morgan fingerprint density at radius 2 is 1.77 bits per heavy atom. The molecule has 1 aliphatic rings. The summed E-state index contributed by atoms with van der Waals surface area (Å²) < 4.78 is 10.6. The van der Waals surface area contributed by atoms with Gasteiger partial charge in [0, 0.05) is 28.7 Å². The fourth-order valence-corrected chi connectivity index (χ4v) is 3.58. The van der Waals surface area contributed by atoms with Crippen LogP contribution in [-0.4, -0.2) is 55.0 Å². The highest BCUT2D eigenvalue weighted by molar-refractivity contribution is 6.35. The van der Waals surface area contributed by atoms with Crippen LogP contribution in [0.25, 0.3) is 0 Å². The molecule has 9 heteroatoms. The number of ether oxygens (including phenoxy) is 2. The Bertz CT molecular complexity index is 903. The molecular weight excluding hydrogens is 431 g/mol. The predicted octanol–water partition coefficient (Wildman–Crippen LogP) is 2.95. The largest absolute Gasteiger partial charge is 0.490 e. The van der Waals surface area contributed by atoms with Gasteiger partial charge in [0.2, 0.25) is 5.91 Å². The predicted molar refractivity (Wildman–Crippen MR) is 112 cm³/mol. The van der Waals surface area contributed by atoms with Crippen LogP contribution in [-0.2, 0) is 14.3 Å². The van der Waals surface area contributed by atoms with Crippen LogP contribution >= 0.6 is 23.2 Å². The number of hydrogen-bond acceptors (Lipinski definition) is 5. The summed E-state index contributed by atoms with van der Waals surface area (Å²) in [6, 6.07) is 12.6. The van der Waals surface area contributed by atoms with Gasteiger partial charge in [-0.1, -0.05) is 41.4 Å². The number of carbonyl (C=O) groups excluding carboxylic acids is 3. The van der Waals surface area contributed by atoms with Crippen molar-refractivity contribution in [2.45, 2.75) is 12.5 Å². The molecule has 0 saturated carbocycles. The quantitative estimate of drug-likeness (QED) is 0.517. The van der Waals surface area contributed by atoms with Gasteiger partial charge in [-0.2, -0.15) is 0 Å². The third-order valence-electron chi connectivity index (χ3n) is 4.42. The summed E-state index contributed by atoms with van der Waals surface area (Å²) in [5.41, 5.74) is 0.247. The molecule has 1 unspecified atom stereocenters. The average molecular weight is 451 g/mol. The monoisotopic (exact) mass is 450 g/mol. The van der Waals surface area contributed by atoms with E-state index in [0.717, 1.165) is 0 Å². The van der Waals surface area contributed by atoms with Crippen molar-refractivity contribution in [3.8, 4) is 5.75 Å². The first-order valence-electron chi connectivity index (χ1n) is 9.32. The lowest BCUT2D eigenvalue weighted by atomic mass is 10.1. The van der Waals surface area contributed by atoms with Gasteiger partial charge in [0.1, 0.15) is 25.0 Å². The first kappa shape index (κ1) is 21.9. The molecule has 0 radical (unpaired) electrons. The van der Waals surface area contributed by atoms with Gasteiger partial charge >= 0.3 is 5.97 Å². The summed E-state index contributed by atoms with van der Waals surface area (Å²) in [5.74, 6) is -0.785. The van der Waals surface area contributed by atoms with Crippen molar-refractivity contribution in [2.75, 3.05) is 26.3 Å². The van der Waals surface area contributed by atoms with E-state index in [4.69, 9.17) is 32.7 Å². The number of hydrogen-bond donors (Lipinski definition) is 1. The van der Waals surface area contributed by atoms with Crippen LogP contribution in [0.15, 0.2) is 48.5 Å². The van der Waals surface area contributed by atoms with E-state index in [1.807, 2.05) is 18.2 Å². The lowest BCUT2D eigenvalue weighted by Crippen LogP contribution is -2.57. The third-order valence-corrected chi connectivity index (χ3v) is 4.86. The van der Waals surface area contributed by atoms with Gasteiger partial charge in [-0.05, 0) is 30.3 Å². The number of benzene rings is 2. The van der Waals surface area contributed by atoms with E-state index in [9.17, 15) is 14.4 Å². The standard InChI is InChI=1S/C21H20Cl2N2O5/c22-15-10-14(11-16(23)12-15)21(28)25-7-6-24-20(27)18(25)13-19(26)30-9-8-29-17-4-2-1-3-5-17/h1-5,10-12,18H,6-9,13H2,(H,24,27).